The standard InChI is InChI=1S/C18H20N6O3/c1-3-22(4-2)15-9-8-13(24(26)27)11-14(15)18(25)19-12-17-21-20-16-7-5-6-10-23(16)17/h5-11H,3-4,12H2,1-2H3,(H,19,25). The Hall–Kier alpha value is -3.49. The Labute approximate surface area is 155 Å². The van der Waals surface area contributed by atoms with Gasteiger partial charge in [0, 0.05) is 37.1 Å². The molecule has 9 nitrogen and oxygen atoms in total. The molecule has 0 bridgehead atoms. The largest absolute Gasteiger partial charge is 0.371 e. The third-order valence-electron chi connectivity index (χ3n) is 4.33. The molecule has 3 rings (SSSR count). The zero-order valence-electron chi connectivity index (χ0n) is 15.1. The van der Waals surface area contributed by atoms with Crippen LogP contribution in [0.15, 0.2) is 42.6 Å². The molecule has 0 aliphatic heterocycles. The number of non-ortho nitro benzene ring substituents is 1. The lowest BCUT2D eigenvalue weighted by Crippen LogP contribution is -2.29. The number of nitrogens with one attached hydrogen (secondary N) is 1. The van der Waals surface area contributed by atoms with Gasteiger partial charge in [0.15, 0.2) is 11.5 Å². The number of nitro groups is 1. The van der Waals surface area contributed by atoms with Gasteiger partial charge in [0.05, 0.1) is 17.0 Å². The number of nitrogens with zero attached hydrogens (tertiary/aromatic N) is 5. The number of aromatic nitrogens is 3. The van der Waals surface area contributed by atoms with Crippen molar-refractivity contribution in [1.82, 2.24) is 19.9 Å². The van der Waals surface area contributed by atoms with Crippen LogP contribution in [0.5, 0.6) is 0 Å². The molecular formula is C18H20N6O3. The number of nitro benzene ring substituents is 1. The van der Waals surface area contributed by atoms with Crippen LogP contribution in [0.4, 0.5) is 11.4 Å². The van der Waals surface area contributed by atoms with E-state index < -0.39 is 10.8 Å². The fraction of sp³-hybridized carbons (Fsp3) is 0.278. The number of carbonyl (C=O) groups is 1. The van der Waals surface area contributed by atoms with E-state index in [1.165, 1.54) is 12.1 Å². The van der Waals surface area contributed by atoms with Crippen molar-refractivity contribution in [2.24, 2.45) is 0 Å². The molecule has 0 atom stereocenters. The van der Waals surface area contributed by atoms with E-state index in [1.54, 1.807) is 10.5 Å². The molecule has 0 saturated heterocycles. The van der Waals surface area contributed by atoms with Gasteiger partial charge < -0.3 is 10.2 Å². The van der Waals surface area contributed by atoms with Crippen LogP contribution >= 0.6 is 0 Å². The molecule has 2 aromatic heterocycles. The molecule has 1 aromatic carbocycles. The number of amides is 1. The average Bonchev–Trinajstić information content (AvgIpc) is 3.10. The van der Waals surface area contributed by atoms with Gasteiger partial charge in [0.1, 0.15) is 0 Å². The third-order valence-corrected chi connectivity index (χ3v) is 4.33. The van der Waals surface area contributed by atoms with Crippen molar-refractivity contribution < 1.29 is 9.72 Å². The van der Waals surface area contributed by atoms with Crippen LogP contribution in [0.25, 0.3) is 5.65 Å². The van der Waals surface area contributed by atoms with Crippen molar-refractivity contribution in [3.63, 3.8) is 0 Å². The van der Waals surface area contributed by atoms with E-state index >= 15 is 0 Å². The van der Waals surface area contributed by atoms with E-state index in [4.69, 9.17) is 0 Å². The number of hydrogen-bond donors (Lipinski definition) is 1. The Morgan fingerprint density at radius 1 is 1.22 bits per heavy atom. The molecule has 140 valence electrons. The van der Waals surface area contributed by atoms with Crippen molar-refractivity contribution in [3.05, 3.63) is 64.1 Å². The molecule has 0 spiro atoms. The fourth-order valence-electron chi connectivity index (χ4n) is 2.93. The van der Waals surface area contributed by atoms with Crippen LogP contribution in [-0.2, 0) is 6.54 Å². The van der Waals surface area contributed by atoms with Gasteiger partial charge in [-0.3, -0.25) is 19.3 Å². The maximum atomic E-state index is 12.8. The summed E-state index contributed by atoms with van der Waals surface area (Å²) in [5.41, 5.74) is 1.49. The molecule has 0 saturated carbocycles. The minimum Gasteiger partial charge on any atom is -0.371 e. The fourth-order valence-corrected chi connectivity index (χ4v) is 2.93. The van der Waals surface area contributed by atoms with E-state index in [-0.39, 0.29) is 17.8 Å². The minimum absolute atomic E-state index is 0.121. The maximum Gasteiger partial charge on any atom is 0.270 e. The van der Waals surface area contributed by atoms with Gasteiger partial charge in [-0.1, -0.05) is 6.07 Å². The number of rotatable bonds is 7. The summed E-state index contributed by atoms with van der Waals surface area (Å²) in [5.74, 6) is 0.182. The highest BCUT2D eigenvalue weighted by atomic mass is 16.6. The van der Waals surface area contributed by atoms with Crippen LogP contribution < -0.4 is 10.2 Å². The zero-order valence-corrected chi connectivity index (χ0v) is 15.1. The Morgan fingerprint density at radius 3 is 2.70 bits per heavy atom. The smallest absolute Gasteiger partial charge is 0.270 e. The highest BCUT2D eigenvalue weighted by molar-refractivity contribution is 6.00. The first-order valence-corrected chi connectivity index (χ1v) is 8.65. The highest BCUT2D eigenvalue weighted by Gasteiger charge is 2.20. The molecule has 27 heavy (non-hydrogen) atoms. The topological polar surface area (TPSA) is 106 Å². The predicted molar refractivity (Wildman–Crippen MR) is 101 cm³/mol. The van der Waals surface area contributed by atoms with Crippen molar-refractivity contribution >= 4 is 22.9 Å². The van der Waals surface area contributed by atoms with E-state index in [2.05, 4.69) is 15.5 Å². The quantitative estimate of drug-likeness (QED) is 0.507. The van der Waals surface area contributed by atoms with Gasteiger partial charge in [-0.2, -0.15) is 0 Å². The van der Waals surface area contributed by atoms with Gasteiger partial charge >= 0.3 is 0 Å². The summed E-state index contributed by atoms with van der Waals surface area (Å²) in [6.07, 6.45) is 1.81. The second kappa shape index (κ2) is 7.81. The summed E-state index contributed by atoms with van der Waals surface area (Å²) in [6, 6.07) is 9.86. The summed E-state index contributed by atoms with van der Waals surface area (Å²) in [5, 5.41) is 22.0. The van der Waals surface area contributed by atoms with E-state index in [9.17, 15) is 14.9 Å². The first-order chi connectivity index (χ1) is 13.0. The van der Waals surface area contributed by atoms with E-state index in [0.29, 0.717) is 30.2 Å². The van der Waals surface area contributed by atoms with Crippen LogP contribution in [0.3, 0.4) is 0 Å². The normalized spacial score (nSPS) is 10.7. The van der Waals surface area contributed by atoms with Crippen molar-refractivity contribution in [1.29, 1.82) is 0 Å². The molecule has 0 radical (unpaired) electrons. The number of benzene rings is 1. The summed E-state index contributed by atoms with van der Waals surface area (Å²) >= 11 is 0. The molecule has 0 fully saturated rings. The van der Waals surface area contributed by atoms with Gasteiger partial charge in [-0.25, -0.2) is 0 Å². The van der Waals surface area contributed by atoms with Gasteiger partial charge in [0.2, 0.25) is 0 Å². The number of fused-ring (bicyclic) bond motifs is 1. The second-order valence-corrected chi connectivity index (χ2v) is 5.86. The molecule has 3 aromatic rings. The molecule has 0 aliphatic carbocycles. The van der Waals surface area contributed by atoms with Gasteiger partial charge in [0.25, 0.3) is 11.6 Å². The highest BCUT2D eigenvalue weighted by Crippen LogP contribution is 2.25. The molecule has 0 aliphatic rings. The second-order valence-electron chi connectivity index (χ2n) is 5.86. The molecule has 2 heterocycles. The van der Waals surface area contributed by atoms with Crippen molar-refractivity contribution in [3.8, 4) is 0 Å². The van der Waals surface area contributed by atoms with Crippen molar-refractivity contribution in [2.45, 2.75) is 20.4 Å². The van der Waals surface area contributed by atoms with Gasteiger partial charge in [-0.05, 0) is 32.0 Å². The van der Waals surface area contributed by atoms with E-state index in [0.717, 1.165) is 0 Å². The first-order valence-electron chi connectivity index (χ1n) is 8.65. The van der Waals surface area contributed by atoms with Crippen LogP contribution in [0.1, 0.15) is 30.0 Å². The lowest BCUT2D eigenvalue weighted by molar-refractivity contribution is -0.384. The third kappa shape index (κ3) is 3.71. The SMILES string of the molecule is CCN(CC)c1ccc([N+](=O)[O-])cc1C(=O)NCc1nnc2ccccn12. The Bertz CT molecular complexity index is 980. The van der Waals surface area contributed by atoms with Crippen LogP contribution in [-0.4, -0.2) is 38.5 Å². The average molecular weight is 368 g/mol. The lowest BCUT2D eigenvalue weighted by atomic mass is 10.1. The van der Waals surface area contributed by atoms with Gasteiger partial charge in [-0.15, -0.1) is 10.2 Å². The first kappa shape index (κ1) is 18.3. The number of pyridine rings is 1. The predicted octanol–water partition coefficient (Wildman–Crippen LogP) is 2.41. The molecule has 0 unspecified atom stereocenters. The summed E-state index contributed by atoms with van der Waals surface area (Å²) in [7, 11) is 0. The Balaban J connectivity index is 1.88. The molecule has 9 heteroatoms. The van der Waals surface area contributed by atoms with Crippen LogP contribution in [0.2, 0.25) is 0 Å². The Kier molecular flexibility index (Phi) is 5.30. The monoisotopic (exact) mass is 368 g/mol. The Morgan fingerprint density at radius 2 is 2.00 bits per heavy atom. The van der Waals surface area contributed by atoms with Crippen molar-refractivity contribution in [2.75, 3.05) is 18.0 Å². The van der Waals surface area contributed by atoms with Crippen LogP contribution in [0, 0.1) is 10.1 Å². The lowest BCUT2D eigenvalue weighted by Gasteiger charge is -2.23. The number of carbonyl (C=O) groups excluding carboxylic acids is 1. The number of hydrogen-bond acceptors (Lipinski definition) is 6. The van der Waals surface area contributed by atoms with E-state index in [1.807, 2.05) is 43.1 Å². The zero-order chi connectivity index (χ0) is 19.4. The molecule has 1 amide bonds. The maximum absolute atomic E-state index is 12.8. The number of anilines is 1. The summed E-state index contributed by atoms with van der Waals surface area (Å²) < 4.78 is 1.78. The summed E-state index contributed by atoms with van der Waals surface area (Å²) in [6.45, 7) is 5.46. The molecular weight excluding hydrogens is 348 g/mol. The molecule has 1 N–H and O–H groups in total. The summed E-state index contributed by atoms with van der Waals surface area (Å²) in [4.78, 5) is 25.4. The minimum atomic E-state index is -0.505.